The van der Waals surface area contributed by atoms with Crippen LogP contribution in [0.5, 0.6) is 16.7 Å². The van der Waals surface area contributed by atoms with Gasteiger partial charge in [-0.25, -0.2) is 14.5 Å². The highest BCUT2D eigenvalue weighted by atomic mass is 32.1. The average molecular weight is 588 g/mol. The summed E-state index contributed by atoms with van der Waals surface area (Å²) in [6.07, 6.45) is 3.98. The van der Waals surface area contributed by atoms with E-state index in [-0.39, 0.29) is 12.5 Å². The summed E-state index contributed by atoms with van der Waals surface area (Å²) in [5.41, 5.74) is 3.73. The molecule has 4 aromatic heterocycles. The number of hydrogen-bond donors (Lipinski definition) is 0. The SMILES string of the molecule is COc1cc(OCc2csc(-c3ccc(C(=O)N(C)C4CC4)cc3)n2)c2cc(-c3cn4nc(OC)sc4n3)oc2c1. The Morgan fingerprint density at radius 2 is 1.95 bits per heavy atom. The van der Waals surface area contributed by atoms with Gasteiger partial charge >= 0.3 is 0 Å². The number of rotatable bonds is 9. The molecule has 1 amide bonds. The number of aromatic nitrogens is 4. The van der Waals surface area contributed by atoms with Gasteiger partial charge in [0.25, 0.3) is 11.1 Å². The van der Waals surface area contributed by atoms with Crippen molar-refractivity contribution in [3.05, 3.63) is 65.3 Å². The van der Waals surface area contributed by atoms with Crippen LogP contribution in [0.1, 0.15) is 28.9 Å². The summed E-state index contributed by atoms with van der Waals surface area (Å²) in [6, 6.07) is 13.6. The smallest absolute Gasteiger partial charge is 0.294 e. The molecule has 0 saturated heterocycles. The zero-order valence-corrected chi connectivity index (χ0v) is 24.1. The Bertz CT molecular complexity index is 1850. The molecule has 0 spiro atoms. The predicted molar refractivity (Wildman–Crippen MR) is 156 cm³/mol. The third-order valence-corrected chi connectivity index (χ3v) is 8.81. The van der Waals surface area contributed by atoms with Crippen molar-refractivity contribution in [3.63, 3.8) is 0 Å². The largest absolute Gasteiger partial charge is 0.496 e. The maximum Gasteiger partial charge on any atom is 0.294 e. The third-order valence-electron chi connectivity index (χ3n) is 6.98. The van der Waals surface area contributed by atoms with Gasteiger partial charge < -0.3 is 23.5 Å². The molecule has 1 aliphatic carbocycles. The number of thiazole rings is 1. The normalized spacial score (nSPS) is 13.1. The molecule has 0 bridgehead atoms. The van der Waals surface area contributed by atoms with Crippen molar-refractivity contribution in [1.82, 2.24) is 24.5 Å². The zero-order chi connectivity index (χ0) is 28.1. The molecule has 0 radical (unpaired) electrons. The van der Waals surface area contributed by atoms with Gasteiger partial charge in [0.15, 0.2) is 5.76 Å². The topological polar surface area (TPSA) is 104 Å². The number of imidazole rings is 1. The van der Waals surface area contributed by atoms with Crippen molar-refractivity contribution in [3.8, 4) is 38.7 Å². The Hall–Kier alpha value is -4.42. The first-order chi connectivity index (χ1) is 20.0. The molecule has 2 aromatic carbocycles. The number of methoxy groups -OCH3 is 2. The van der Waals surface area contributed by atoms with Gasteiger partial charge in [-0.05, 0) is 42.4 Å². The molecule has 7 rings (SSSR count). The molecular formula is C29H25N5O5S2. The molecule has 6 aromatic rings. The molecular weight excluding hydrogens is 562 g/mol. The van der Waals surface area contributed by atoms with Crippen LogP contribution in [0.15, 0.2) is 58.5 Å². The Morgan fingerprint density at radius 1 is 1.12 bits per heavy atom. The standard InChI is InChI=1S/C29H25N5O5S2/c1-33(19-8-9-19)27(35)17-6-4-16(5-7-17)26-30-18(15-40-26)14-38-23-10-20(36-2)11-24-21(23)12-25(39-24)22-13-34-28(31-22)41-29(32-34)37-3/h4-7,10-13,15,19H,8-9,14H2,1-3H3. The molecule has 0 aliphatic heterocycles. The first-order valence-corrected chi connectivity index (χ1v) is 14.7. The number of furan rings is 1. The maximum atomic E-state index is 12.6. The van der Waals surface area contributed by atoms with Gasteiger partial charge in [0.1, 0.15) is 34.4 Å². The molecule has 208 valence electrons. The van der Waals surface area contributed by atoms with E-state index in [1.54, 1.807) is 24.9 Å². The van der Waals surface area contributed by atoms with E-state index in [1.165, 1.54) is 22.7 Å². The van der Waals surface area contributed by atoms with Gasteiger partial charge in [-0.3, -0.25) is 4.79 Å². The van der Waals surface area contributed by atoms with Crippen molar-refractivity contribution >= 4 is 44.5 Å². The van der Waals surface area contributed by atoms with Gasteiger partial charge in [-0.15, -0.1) is 16.4 Å². The Balaban J connectivity index is 1.09. The van der Waals surface area contributed by atoms with E-state index in [9.17, 15) is 4.79 Å². The summed E-state index contributed by atoms with van der Waals surface area (Å²) in [7, 11) is 5.05. The number of nitrogens with zero attached hydrogens (tertiary/aromatic N) is 5. The fourth-order valence-corrected chi connectivity index (χ4v) is 6.08. The second-order valence-electron chi connectivity index (χ2n) is 9.73. The van der Waals surface area contributed by atoms with Gasteiger partial charge in [-0.1, -0.05) is 12.1 Å². The van der Waals surface area contributed by atoms with E-state index in [1.807, 2.05) is 59.8 Å². The second-order valence-corrected chi connectivity index (χ2v) is 11.5. The lowest BCUT2D eigenvalue weighted by molar-refractivity contribution is 0.0785. The maximum absolute atomic E-state index is 12.6. The number of ether oxygens (including phenoxy) is 3. The lowest BCUT2D eigenvalue weighted by atomic mass is 10.1. The van der Waals surface area contributed by atoms with E-state index < -0.39 is 0 Å². The van der Waals surface area contributed by atoms with Crippen LogP contribution in [-0.4, -0.2) is 57.7 Å². The van der Waals surface area contributed by atoms with Gasteiger partial charge in [0.05, 0.1) is 31.5 Å². The minimum absolute atomic E-state index is 0.0592. The summed E-state index contributed by atoms with van der Waals surface area (Å²) < 4.78 is 24.7. The van der Waals surface area contributed by atoms with E-state index in [0.29, 0.717) is 50.3 Å². The number of carbonyl (C=O) groups is 1. The van der Waals surface area contributed by atoms with Crippen LogP contribution in [0, 0.1) is 0 Å². The molecule has 1 aliphatic rings. The molecule has 1 saturated carbocycles. The first-order valence-electron chi connectivity index (χ1n) is 13.0. The molecule has 0 N–H and O–H groups in total. The Labute approximate surface area is 242 Å². The summed E-state index contributed by atoms with van der Waals surface area (Å²) in [6.45, 7) is 0.270. The Morgan fingerprint density at radius 3 is 2.68 bits per heavy atom. The van der Waals surface area contributed by atoms with Crippen LogP contribution in [-0.2, 0) is 6.61 Å². The summed E-state index contributed by atoms with van der Waals surface area (Å²) in [5.74, 6) is 1.89. The molecule has 0 atom stereocenters. The lowest BCUT2D eigenvalue weighted by Crippen LogP contribution is -2.28. The van der Waals surface area contributed by atoms with Crippen molar-refractivity contribution < 1.29 is 23.4 Å². The highest BCUT2D eigenvalue weighted by Crippen LogP contribution is 2.38. The van der Waals surface area contributed by atoms with E-state index in [0.717, 1.165) is 34.5 Å². The van der Waals surface area contributed by atoms with E-state index >= 15 is 0 Å². The monoisotopic (exact) mass is 587 g/mol. The summed E-state index contributed by atoms with van der Waals surface area (Å²) in [4.78, 5) is 24.6. The van der Waals surface area contributed by atoms with Crippen LogP contribution in [0.3, 0.4) is 0 Å². The zero-order valence-electron chi connectivity index (χ0n) is 22.5. The minimum atomic E-state index is 0.0592. The molecule has 1 fully saturated rings. The third kappa shape index (κ3) is 4.89. The molecule has 10 nitrogen and oxygen atoms in total. The fourth-order valence-electron chi connectivity index (χ4n) is 4.57. The molecule has 41 heavy (non-hydrogen) atoms. The van der Waals surface area contributed by atoms with Crippen LogP contribution >= 0.6 is 22.7 Å². The van der Waals surface area contributed by atoms with Gasteiger partial charge in [-0.2, -0.15) is 0 Å². The van der Waals surface area contributed by atoms with Crippen molar-refractivity contribution in [2.24, 2.45) is 0 Å². The highest BCUT2D eigenvalue weighted by Gasteiger charge is 2.30. The van der Waals surface area contributed by atoms with Crippen molar-refractivity contribution in [1.29, 1.82) is 0 Å². The molecule has 12 heteroatoms. The van der Waals surface area contributed by atoms with Crippen LogP contribution in [0.4, 0.5) is 0 Å². The second kappa shape index (κ2) is 10.2. The van der Waals surface area contributed by atoms with Crippen LogP contribution < -0.4 is 14.2 Å². The van der Waals surface area contributed by atoms with Crippen LogP contribution in [0.2, 0.25) is 0 Å². The van der Waals surface area contributed by atoms with E-state index in [4.69, 9.17) is 23.6 Å². The first kappa shape index (κ1) is 25.5. The lowest BCUT2D eigenvalue weighted by Gasteiger charge is -2.16. The number of carbonyl (C=O) groups excluding carboxylic acids is 1. The van der Waals surface area contributed by atoms with Gasteiger partial charge in [0.2, 0.25) is 4.96 Å². The van der Waals surface area contributed by atoms with Crippen molar-refractivity contribution in [2.75, 3.05) is 21.3 Å². The van der Waals surface area contributed by atoms with Crippen molar-refractivity contribution in [2.45, 2.75) is 25.5 Å². The summed E-state index contributed by atoms with van der Waals surface area (Å²) in [5, 5.41) is 8.52. The number of benzene rings is 2. The summed E-state index contributed by atoms with van der Waals surface area (Å²) >= 11 is 2.89. The quantitative estimate of drug-likeness (QED) is 0.198. The van der Waals surface area contributed by atoms with Gasteiger partial charge in [0, 0.05) is 41.7 Å². The number of hydrogen-bond acceptors (Lipinski definition) is 10. The van der Waals surface area contributed by atoms with Crippen LogP contribution in [0.25, 0.3) is 38.0 Å². The Kier molecular flexibility index (Phi) is 6.36. The predicted octanol–water partition coefficient (Wildman–Crippen LogP) is 6.16. The fraction of sp³-hybridized carbons (Fsp3) is 0.241. The molecule has 0 unspecified atom stereocenters. The van der Waals surface area contributed by atoms with E-state index in [2.05, 4.69) is 10.1 Å². The number of amides is 1. The number of fused-ring (bicyclic) bond motifs is 2. The minimum Gasteiger partial charge on any atom is -0.496 e. The average Bonchev–Trinajstić information content (AvgIpc) is 3.31. The molecule has 4 heterocycles. The highest BCUT2D eigenvalue weighted by molar-refractivity contribution is 7.18.